The van der Waals surface area contributed by atoms with Crippen molar-refractivity contribution in [2.75, 3.05) is 7.05 Å². The zero-order chi connectivity index (χ0) is 17.6. The first-order valence-electron chi connectivity index (χ1n) is 8.14. The summed E-state index contributed by atoms with van der Waals surface area (Å²) >= 11 is 1.75. The third-order valence-corrected chi connectivity index (χ3v) is 4.92. The van der Waals surface area contributed by atoms with E-state index in [4.69, 9.17) is 4.42 Å². The summed E-state index contributed by atoms with van der Waals surface area (Å²) in [6, 6.07) is 10.3. The third-order valence-electron chi connectivity index (χ3n) is 3.90. The molecule has 0 aliphatic carbocycles. The van der Waals surface area contributed by atoms with Crippen LogP contribution in [0.5, 0.6) is 0 Å². The Morgan fingerprint density at radius 1 is 1.12 bits per heavy atom. The maximum Gasteiger partial charge on any atom is 0.226 e. The first kappa shape index (κ1) is 17.2. The fraction of sp³-hybridized carbons (Fsp3) is 0.263. The lowest BCUT2D eigenvalue weighted by atomic mass is 10.1. The molecule has 3 rings (SSSR count). The molecule has 0 amide bonds. The lowest BCUT2D eigenvalue weighted by Crippen LogP contribution is -2.36. The summed E-state index contributed by atoms with van der Waals surface area (Å²) in [5.41, 5.74) is 4.33. The SMILES string of the molecule is CN=C(NCc1coc(-c2ccc(C)cc2)n1)NCc1sccc1C. The van der Waals surface area contributed by atoms with Gasteiger partial charge in [-0.25, -0.2) is 4.98 Å². The van der Waals surface area contributed by atoms with Gasteiger partial charge in [-0.3, -0.25) is 4.99 Å². The van der Waals surface area contributed by atoms with Gasteiger partial charge >= 0.3 is 0 Å². The van der Waals surface area contributed by atoms with Gasteiger partial charge in [0.1, 0.15) is 6.26 Å². The highest BCUT2D eigenvalue weighted by Gasteiger charge is 2.08. The molecule has 2 aromatic heterocycles. The van der Waals surface area contributed by atoms with Crippen molar-refractivity contribution in [3.8, 4) is 11.5 Å². The Labute approximate surface area is 151 Å². The molecule has 0 aliphatic rings. The van der Waals surface area contributed by atoms with Crippen LogP contribution in [0.1, 0.15) is 21.7 Å². The standard InChI is InChI=1S/C19H22N4OS/c1-13-4-6-15(7-5-13)18-23-16(12-24-18)10-21-19(20-3)22-11-17-14(2)8-9-25-17/h4-9,12H,10-11H2,1-3H3,(H2,20,21,22). The molecule has 0 aliphatic heterocycles. The van der Waals surface area contributed by atoms with Crippen molar-refractivity contribution in [3.05, 3.63) is 63.7 Å². The van der Waals surface area contributed by atoms with Gasteiger partial charge in [0.05, 0.1) is 18.8 Å². The zero-order valence-corrected chi connectivity index (χ0v) is 15.5. The van der Waals surface area contributed by atoms with E-state index in [0.29, 0.717) is 12.4 Å². The van der Waals surface area contributed by atoms with Crippen molar-refractivity contribution >= 4 is 17.3 Å². The smallest absolute Gasteiger partial charge is 0.226 e. The van der Waals surface area contributed by atoms with Gasteiger partial charge in [-0.15, -0.1) is 11.3 Å². The van der Waals surface area contributed by atoms with Gasteiger partial charge in [0.2, 0.25) is 5.89 Å². The van der Waals surface area contributed by atoms with E-state index in [1.165, 1.54) is 16.0 Å². The van der Waals surface area contributed by atoms with E-state index in [1.807, 2.05) is 12.1 Å². The van der Waals surface area contributed by atoms with Crippen molar-refractivity contribution < 1.29 is 4.42 Å². The van der Waals surface area contributed by atoms with Gasteiger partial charge in [-0.2, -0.15) is 0 Å². The predicted molar refractivity (Wildman–Crippen MR) is 103 cm³/mol. The summed E-state index contributed by atoms with van der Waals surface area (Å²) in [4.78, 5) is 10.1. The van der Waals surface area contributed by atoms with Crippen molar-refractivity contribution in [1.29, 1.82) is 0 Å². The molecule has 1 aromatic carbocycles. The van der Waals surface area contributed by atoms with Gasteiger partial charge in [0.15, 0.2) is 5.96 Å². The summed E-state index contributed by atoms with van der Waals surface area (Å²) in [6.45, 7) is 5.49. The highest BCUT2D eigenvalue weighted by Crippen LogP contribution is 2.19. The number of oxazole rings is 1. The Hall–Kier alpha value is -2.60. The average Bonchev–Trinajstić information content (AvgIpc) is 3.25. The Bertz CT molecular complexity index is 848. The molecule has 0 spiro atoms. The summed E-state index contributed by atoms with van der Waals surface area (Å²) in [6.07, 6.45) is 1.68. The number of thiophene rings is 1. The minimum atomic E-state index is 0.554. The van der Waals surface area contributed by atoms with Crippen LogP contribution in [0, 0.1) is 13.8 Å². The van der Waals surface area contributed by atoms with E-state index in [-0.39, 0.29) is 0 Å². The minimum absolute atomic E-state index is 0.554. The molecule has 0 saturated heterocycles. The highest BCUT2D eigenvalue weighted by atomic mass is 32.1. The number of aryl methyl sites for hydroxylation is 2. The Morgan fingerprint density at radius 2 is 1.88 bits per heavy atom. The second kappa shape index (κ2) is 7.98. The van der Waals surface area contributed by atoms with Crippen LogP contribution in [0.3, 0.4) is 0 Å². The highest BCUT2D eigenvalue weighted by molar-refractivity contribution is 7.10. The Balaban J connectivity index is 1.55. The number of benzene rings is 1. The van der Waals surface area contributed by atoms with Crippen LogP contribution in [0.15, 0.2) is 51.4 Å². The summed E-state index contributed by atoms with van der Waals surface area (Å²) in [5, 5.41) is 8.68. The number of rotatable bonds is 5. The molecule has 0 atom stereocenters. The summed E-state index contributed by atoms with van der Waals surface area (Å²) < 4.78 is 5.58. The number of guanidine groups is 1. The zero-order valence-electron chi connectivity index (χ0n) is 14.7. The molecular weight excluding hydrogens is 332 g/mol. The number of hydrogen-bond acceptors (Lipinski definition) is 4. The fourth-order valence-corrected chi connectivity index (χ4v) is 3.21. The molecule has 5 nitrogen and oxygen atoms in total. The van der Waals surface area contributed by atoms with E-state index in [0.717, 1.165) is 23.8 Å². The molecule has 0 radical (unpaired) electrons. The molecule has 6 heteroatoms. The molecule has 3 aromatic rings. The van der Waals surface area contributed by atoms with Crippen LogP contribution in [-0.2, 0) is 13.1 Å². The Kier molecular flexibility index (Phi) is 5.50. The van der Waals surface area contributed by atoms with E-state index in [9.17, 15) is 0 Å². The molecule has 2 heterocycles. The molecule has 0 unspecified atom stereocenters. The number of hydrogen-bond donors (Lipinski definition) is 2. The molecule has 0 saturated carbocycles. The number of aromatic nitrogens is 1. The van der Waals surface area contributed by atoms with E-state index in [1.54, 1.807) is 24.6 Å². The van der Waals surface area contributed by atoms with Crippen LogP contribution in [0.25, 0.3) is 11.5 Å². The summed E-state index contributed by atoms with van der Waals surface area (Å²) in [7, 11) is 1.76. The molecule has 0 fully saturated rings. The molecular formula is C19H22N4OS. The van der Waals surface area contributed by atoms with Crippen LogP contribution >= 0.6 is 11.3 Å². The third kappa shape index (κ3) is 4.48. The largest absolute Gasteiger partial charge is 0.444 e. The average molecular weight is 354 g/mol. The normalized spacial score (nSPS) is 11.6. The van der Waals surface area contributed by atoms with Crippen molar-refractivity contribution in [3.63, 3.8) is 0 Å². The predicted octanol–water partition coefficient (Wildman–Crippen LogP) is 3.89. The molecule has 25 heavy (non-hydrogen) atoms. The second-order valence-electron chi connectivity index (χ2n) is 5.82. The maximum atomic E-state index is 5.58. The number of aliphatic imine (C=N–C) groups is 1. The van der Waals surface area contributed by atoms with Gasteiger partial charge in [0.25, 0.3) is 0 Å². The Morgan fingerprint density at radius 3 is 2.56 bits per heavy atom. The lowest BCUT2D eigenvalue weighted by molar-refractivity contribution is 0.572. The van der Waals surface area contributed by atoms with Crippen molar-refractivity contribution in [1.82, 2.24) is 15.6 Å². The van der Waals surface area contributed by atoms with Crippen molar-refractivity contribution in [2.45, 2.75) is 26.9 Å². The summed E-state index contributed by atoms with van der Waals surface area (Å²) in [5.74, 6) is 1.38. The molecule has 130 valence electrons. The van der Waals surface area contributed by atoms with E-state index in [2.05, 4.69) is 58.0 Å². The van der Waals surface area contributed by atoms with Gasteiger partial charge < -0.3 is 15.1 Å². The van der Waals surface area contributed by atoms with Crippen LogP contribution in [-0.4, -0.2) is 18.0 Å². The van der Waals surface area contributed by atoms with Gasteiger partial charge in [-0.05, 0) is 43.0 Å². The topological polar surface area (TPSA) is 62.5 Å². The van der Waals surface area contributed by atoms with Gasteiger partial charge in [0, 0.05) is 17.5 Å². The van der Waals surface area contributed by atoms with Crippen molar-refractivity contribution in [2.24, 2.45) is 4.99 Å². The quantitative estimate of drug-likeness (QED) is 0.539. The minimum Gasteiger partial charge on any atom is -0.444 e. The molecule has 2 N–H and O–H groups in total. The fourth-order valence-electron chi connectivity index (χ4n) is 2.36. The monoisotopic (exact) mass is 354 g/mol. The van der Waals surface area contributed by atoms with Crippen LogP contribution < -0.4 is 10.6 Å². The van der Waals surface area contributed by atoms with E-state index < -0.39 is 0 Å². The van der Waals surface area contributed by atoms with Crippen LogP contribution in [0.2, 0.25) is 0 Å². The number of nitrogens with one attached hydrogen (secondary N) is 2. The first-order valence-corrected chi connectivity index (χ1v) is 9.02. The maximum absolute atomic E-state index is 5.58. The first-order chi connectivity index (χ1) is 12.2. The van der Waals surface area contributed by atoms with Crippen LogP contribution in [0.4, 0.5) is 0 Å². The lowest BCUT2D eigenvalue weighted by Gasteiger charge is -2.10. The van der Waals surface area contributed by atoms with E-state index >= 15 is 0 Å². The number of nitrogens with zero attached hydrogens (tertiary/aromatic N) is 2. The van der Waals surface area contributed by atoms with Gasteiger partial charge in [-0.1, -0.05) is 17.7 Å². The molecule has 0 bridgehead atoms. The second-order valence-corrected chi connectivity index (χ2v) is 6.82.